The maximum atomic E-state index is 9.04. The van der Waals surface area contributed by atoms with E-state index in [0.717, 1.165) is 18.6 Å². The maximum absolute atomic E-state index is 9.04. The van der Waals surface area contributed by atoms with Crippen LogP contribution in [0.3, 0.4) is 0 Å². The first-order valence-corrected chi connectivity index (χ1v) is 8.24. The molecule has 0 aliphatic carbocycles. The lowest BCUT2D eigenvalue weighted by Crippen LogP contribution is -2.30. The molecular formula is C18H24N2O4. The van der Waals surface area contributed by atoms with Gasteiger partial charge in [-0.1, -0.05) is 38.1 Å². The number of rotatable bonds is 5. The molecular weight excluding hydrogens is 308 g/mol. The first-order valence-electron chi connectivity index (χ1n) is 8.24. The Labute approximate surface area is 141 Å². The van der Waals surface area contributed by atoms with Crippen molar-refractivity contribution in [3.05, 3.63) is 41.5 Å². The quantitative estimate of drug-likeness (QED) is 0.907. The summed E-state index contributed by atoms with van der Waals surface area (Å²) < 4.78 is 16.8. The standard InChI is InChI=1S/C18H24N2O4/c1-18(2,3)16-14(8-9-22-16)17-19-15(24-20-17)11-23-13-6-4-12(10-21)5-7-13/h4-7,14,16,21H,8-11H2,1-3H3/t14-,16-/m1/s1. The predicted octanol–water partition coefficient (Wildman–Crippen LogP) is 3.06. The molecule has 1 aliphatic heterocycles. The minimum atomic E-state index is 0.0195. The SMILES string of the molecule is CC(C)(C)[C@@H]1OCC[C@H]1c1noc(COc2ccc(CO)cc2)n1. The lowest BCUT2D eigenvalue weighted by atomic mass is 9.81. The van der Waals surface area contributed by atoms with Gasteiger partial charge in [-0.15, -0.1) is 0 Å². The van der Waals surface area contributed by atoms with E-state index in [9.17, 15) is 0 Å². The van der Waals surface area contributed by atoms with Gasteiger partial charge in [0.1, 0.15) is 5.75 Å². The number of nitrogens with zero attached hydrogens (tertiary/aromatic N) is 2. The van der Waals surface area contributed by atoms with Crippen molar-refractivity contribution in [2.45, 2.75) is 52.4 Å². The first-order chi connectivity index (χ1) is 11.5. The summed E-state index contributed by atoms with van der Waals surface area (Å²) in [7, 11) is 0. The summed E-state index contributed by atoms with van der Waals surface area (Å²) in [6.45, 7) is 7.46. The third-order valence-electron chi connectivity index (χ3n) is 4.23. The first kappa shape index (κ1) is 16.9. The van der Waals surface area contributed by atoms with Crippen molar-refractivity contribution in [2.24, 2.45) is 5.41 Å². The number of aromatic nitrogens is 2. The second kappa shape index (κ2) is 6.91. The number of ether oxygens (including phenoxy) is 2. The summed E-state index contributed by atoms with van der Waals surface area (Å²) in [5.41, 5.74) is 0.879. The minimum absolute atomic E-state index is 0.0195. The predicted molar refractivity (Wildman–Crippen MR) is 87.5 cm³/mol. The zero-order valence-electron chi connectivity index (χ0n) is 14.4. The summed E-state index contributed by atoms with van der Waals surface area (Å²) in [6, 6.07) is 7.25. The van der Waals surface area contributed by atoms with Gasteiger partial charge in [-0.25, -0.2) is 0 Å². The zero-order chi connectivity index (χ0) is 17.2. The lowest BCUT2D eigenvalue weighted by molar-refractivity contribution is 0.0193. The molecule has 1 fully saturated rings. The second-order valence-electron chi connectivity index (χ2n) is 7.19. The van der Waals surface area contributed by atoms with Crippen LogP contribution in [0.2, 0.25) is 0 Å². The van der Waals surface area contributed by atoms with Gasteiger partial charge in [0.2, 0.25) is 0 Å². The van der Waals surface area contributed by atoms with E-state index in [1.165, 1.54) is 0 Å². The van der Waals surface area contributed by atoms with Crippen LogP contribution in [0.5, 0.6) is 5.75 Å². The minimum Gasteiger partial charge on any atom is -0.484 e. The van der Waals surface area contributed by atoms with Crippen molar-refractivity contribution in [1.29, 1.82) is 0 Å². The molecule has 0 amide bonds. The highest BCUT2D eigenvalue weighted by Gasteiger charge is 2.40. The summed E-state index contributed by atoms with van der Waals surface area (Å²) in [4.78, 5) is 4.48. The van der Waals surface area contributed by atoms with Crippen LogP contribution < -0.4 is 4.74 Å². The number of benzene rings is 1. The van der Waals surface area contributed by atoms with Crippen molar-refractivity contribution >= 4 is 0 Å². The molecule has 1 N–H and O–H groups in total. The fourth-order valence-electron chi connectivity index (χ4n) is 3.02. The Morgan fingerprint density at radius 1 is 1.25 bits per heavy atom. The van der Waals surface area contributed by atoms with E-state index in [0.29, 0.717) is 17.5 Å². The molecule has 2 atom stereocenters. The molecule has 0 unspecified atom stereocenters. The number of aliphatic hydroxyl groups excluding tert-OH is 1. The summed E-state index contributed by atoms with van der Waals surface area (Å²) in [5, 5.41) is 13.2. The van der Waals surface area contributed by atoms with E-state index >= 15 is 0 Å². The largest absolute Gasteiger partial charge is 0.484 e. The number of aliphatic hydroxyl groups is 1. The van der Waals surface area contributed by atoms with Gasteiger partial charge in [0.05, 0.1) is 18.6 Å². The van der Waals surface area contributed by atoms with Crippen molar-refractivity contribution in [2.75, 3.05) is 6.61 Å². The van der Waals surface area contributed by atoms with Gasteiger partial charge in [-0.05, 0) is 29.5 Å². The number of hydrogen-bond acceptors (Lipinski definition) is 6. The summed E-state index contributed by atoms with van der Waals surface area (Å²) in [6.07, 6.45) is 1.000. The highest BCUT2D eigenvalue weighted by Crippen LogP contribution is 2.39. The highest BCUT2D eigenvalue weighted by molar-refractivity contribution is 5.26. The normalized spacial score (nSPS) is 21.2. The molecule has 3 rings (SSSR count). The van der Waals surface area contributed by atoms with Crippen LogP contribution in [0, 0.1) is 5.41 Å². The molecule has 1 aliphatic rings. The Bertz CT molecular complexity index is 660. The van der Waals surface area contributed by atoms with Gasteiger partial charge in [0.15, 0.2) is 12.4 Å². The molecule has 130 valence electrons. The molecule has 1 aromatic carbocycles. The molecule has 24 heavy (non-hydrogen) atoms. The van der Waals surface area contributed by atoms with E-state index in [4.69, 9.17) is 19.1 Å². The van der Waals surface area contributed by atoms with Crippen LogP contribution in [0.15, 0.2) is 28.8 Å². The van der Waals surface area contributed by atoms with Crippen LogP contribution >= 0.6 is 0 Å². The molecule has 0 radical (unpaired) electrons. The lowest BCUT2D eigenvalue weighted by Gasteiger charge is -2.29. The van der Waals surface area contributed by atoms with Crippen LogP contribution in [0.1, 0.15) is 50.4 Å². The van der Waals surface area contributed by atoms with Crippen molar-refractivity contribution in [3.63, 3.8) is 0 Å². The van der Waals surface area contributed by atoms with Gasteiger partial charge < -0.3 is 19.1 Å². The van der Waals surface area contributed by atoms with Crippen molar-refractivity contribution in [3.8, 4) is 5.75 Å². The molecule has 0 spiro atoms. The Morgan fingerprint density at radius 2 is 2.00 bits per heavy atom. The van der Waals surface area contributed by atoms with Crippen molar-refractivity contribution in [1.82, 2.24) is 10.1 Å². The molecule has 2 heterocycles. The average Bonchev–Trinajstić information content (AvgIpc) is 3.21. The molecule has 2 aromatic rings. The molecule has 1 saturated heterocycles. The van der Waals surface area contributed by atoms with Gasteiger partial charge in [-0.3, -0.25) is 0 Å². The highest BCUT2D eigenvalue weighted by atomic mass is 16.5. The Morgan fingerprint density at radius 3 is 2.67 bits per heavy atom. The fraction of sp³-hybridized carbons (Fsp3) is 0.556. The summed E-state index contributed by atoms with van der Waals surface area (Å²) in [5.74, 6) is 2.01. The van der Waals surface area contributed by atoms with Gasteiger partial charge in [0, 0.05) is 6.61 Å². The Hall–Kier alpha value is -1.92. The third-order valence-corrected chi connectivity index (χ3v) is 4.23. The van der Waals surface area contributed by atoms with Crippen LogP contribution in [-0.4, -0.2) is 28.0 Å². The molecule has 6 heteroatoms. The van der Waals surface area contributed by atoms with E-state index < -0.39 is 0 Å². The Kier molecular flexibility index (Phi) is 4.87. The van der Waals surface area contributed by atoms with Gasteiger partial charge in [-0.2, -0.15) is 4.98 Å². The van der Waals surface area contributed by atoms with Crippen LogP contribution in [-0.2, 0) is 18.0 Å². The topological polar surface area (TPSA) is 77.6 Å². The molecule has 0 bridgehead atoms. The van der Waals surface area contributed by atoms with E-state index in [-0.39, 0.29) is 30.7 Å². The maximum Gasteiger partial charge on any atom is 0.264 e. The van der Waals surface area contributed by atoms with Crippen LogP contribution in [0.4, 0.5) is 0 Å². The Balaban J connectivity index is 1.63. The molecule has 6 nitrogen and oxygen atoms in total. The fourth-order valence-corrected chi connectivity index (χ4v) is 3.02. The molecule has 0 saturated carbocycles. The summed E-state index contributed by atoms with van der Waals surface area (Å²) >= 11 is 0. The monoisotopic (exact) mass is 332 g/mol. The van der Waals surface area contributed by atoms with Gasteiger partial charge in [0.25, 0.3) is 5.89 Å². The second-order valence-corrected chi connectivity index (χ2v) is 7.19. The average molecular weight is 332 g/mol. The zero-order valence-corrected chi connectivity index (χ0v) is 14.4. The molecule has 1 aromatic heterocycles. The smallest absolute Gasteiger partial charge is 0.264 e. The van der Waals surface area contributed by atoms with E-state index in [1.54, 1.807) is 0 Å². The van der Waals surface area contributed by atoms with E-state index in [2.05, 4.69) is 30.9 Å². The van der Waals surface area contributed by atoms with Crippen molar-refractivity contribution < 1.29 is 19.1 Å². The third kappa shape index (κ3) is 3.76. The van der Waals surface area contributed by atoms with E-state index in [1.807, 2.05) is 24.3 Å². The van der Waals surface area contributed by atoms with Gasteiger partial charge >= 0.3 is 0 Å². The van der Waals surface area contributed by atoms with Crippen LogP contribution in [0.25, 0.3) is 0 Å². The number of hydrogen-bond donors (Lipinski definition) is 1.